The minimum atomic E-state index is -0.766. The number of rotatable bonds is 4. The van der Waals surface area contributed by atoms with E-state index in [-0.39, 0.29) is 6.03 Å². The number of nitrogens with one attached hydrogen (secondary N) is 1. The average molecular weight is 282 g/mol. The summed E-state index contributed by atoms with van der Waals surface area (Å²) in [6.45, 7) is 2.18. The van der Waals surface area contributed by atoms with Gasteiger partial charge in [-0.15, -0.1) is 0 Å². The van der Waals surface area contributed by atoms with E-state index in [0.717, 1.165) is 12.8 Å². The quantitative estimate of drug-likeness (QED) is 0.771. The molecule has 0 bridgehead atoms. The summed E-state index contributed by atoms with van der Waals surface area (Å²) in [7, 11) is 1.59. The van der Waals surface area contributed by atoms with Crippen molar-refractivity contribution in [1.29, 1.82) is 0 Å². The van der Waals surface area contributed by atoms with E-state index >= 15 is 0 Å². The third kappa shape index (κ3) is 4.21. The van der Waals surface area contributed by atoms with Crippen LogP contribution in [0.5, 0.6) is 0 Å². The van der Waals surface area contributed by atoms with Gasteiger partial charge in [0.05, 0.1) is 12.2 Å². The molecule has 1 heterocycles. The van der Waals surface area contributed by atoms with Gasteiger partial charge in [-0.05, 0) is 38.5 Å². The van der Waals surface area contributed by atoms with Gasteiger partial charge in [0, 0.05) is 26.7 Å². The first-order valence-corrected chi connectivity index (χ1v) is 7.55. The molecule has 2 amide bonds. The number of allylic oxidation sites excluding steroid dienone is 1. The van der Waals surface area contributed by atoms with Gasteiger partial charge in [-0.2, -0.15) is 0 Å². The lowest BCUT2D eigenvalue weighted by Gasteiger charge is -2.37. The summed E-state index contributed by atoms with van der Waals surface area (Å²) in [5, 5.41) is 13.2. The molecule has 1 fully saturated rings. The molecule has 1 aliphatic carbocycles. The van der Waals surface area contributed by atoms with E-state index in [1.165, 1.54) is 18.4 Å². The lowest BCUT2D eigenvalue weighted by molar-refractivity contribution is -0.0647. The number of hydrogen-bond acceptors (Lipinski definition) is 3. The van der Waals surface area contributed by atoms with Crippen LogP contribution in [0.25, 0.3) is 0 Å². The van der Waals surface area contributed by atoms with Gasteiger partial charge in [-0.25, -0.2) is 4.79 Å². The van der Waals surface area contributed by atoms with Crippen LogP contribution in [0.2, 0.25) is 0 Å². The molecule has 0 unspecified atom stereocenters. The first-order valence-electron chi connectivity index (χ1n) is 7.55. The molecule has 2 N–H and O–H groups in total. The molecule has 5 nitrogen and oxygen atoms in total. The maximum absolute atomic E-state index is 12.1. The van der Waals surface area contributed by atoms with Crippen molar-refractivity contribution in [3.8, 4) is 0 Å². The molecule has 0 aromatic heterocycles. The summed E-state index contributed by atoms with van der Waals surface area (Å²) in [5.41, 5.74) is 0.578. The molecule has 2 aliphatic rings. The Morgan fingerprint density at radius 1 is 1.45 bits per heavy atom. The van der Waals surface area contributed by atoms with Crippen LogP contribution in [-0.2, 0) is 4.74 Å². The summed E-state index contributed by atoms with van der Waals surface area (Å²) < 4.78 is 5.03. The standard InChI is InChI=1S/C15H26N2O3/c1-20-12-15(19)7-9-17(10-8-15)14(18)16-11-13-5-3-2-4-6-13/h5,19H,2-4,6-12H2,1H3,(H,16,18). The Labute approximate surface area is 121 Å². The van der Waals surface area contributed by atoms with Gasteiger partial charge >= 0.3 is 6.03 Å². The molecule has 0 atom stereocenters. The Morgan fingerprint density at radius 3 is 2.80 bits per heavy atom. The zero-order chi connectivity index (χ0) is 14.4. The summed E-state index contributed by atoms with van der Waals surface area (Å²) in [5.74, 6) is 0. The third-order valence-electron chi connectivity index (χ3n) is 4.25. The number of amides is 2. The average Bonchev–Trinajstić information content (AvgIpc) is 2.47. The number of urea groups is 1. The molecular weight excluding hydrogens is 256 g/mol. The number of carbonyl (C=O) groups is 1. The second-order valence-electron chi connectivity index (χ2n) is 5.91. The Morgan fingerprint density at radius 2 is 2.20 bits per heavy atom. The van der Waals surface area contributed by atoms with Gasteiger partial charge in [-0.1, -0.05) is 11.6 Å². The molecule has 0 radical (unpaired) electrons. The van der Waals surface area contributed by atoms with Crippen molar-refractivity contribution in [2.45, 2.75) is 44.1 Å². The lowest BCUT2D eigenvalue weighted by Crippen LogP contribution is -2.51. The Kier molecular flexibility index (Phi) is 5.43. The zero-order valence-electron chi connectivity index (χ0n) is 12.4. The second kappa shape index (κ2) is 7.09. The van der Waals surface area contributed by atoms with Gasteiger partial charge in [0.2, 0.25) is 0 Å². The van der Waals surface area contributed by atoms with E-state index in [9.17, 15) is 9.90 Å². The van der Waals surface area contributed by atoms with Crippen molar-refractivity contribution in [2.24, 2.45) is 0 Å². The van der Waals surface area contributed by atoms with Crippen molar-refractivity contribution in [3.05, 3.63) is 11.6 Å². The molecule has 0 saturated carbocycles. The molecule has 0 spiro atoms. The predicted molar refractivity (Wildman–Crippen MR) is 77.6 cm³/mol. The van der Waals surface area contributed by atoms with Crippen LogP contribution < -0.4 is 5.32 Å². The van der Waals surface area contributed by atoms with E-state index < -0.39 is 5.60 Å². The molecule has 2 rings (SSSR count). The third-order valence-corrected chi connectivity index (χ3v) is 4.25. The van der Waals surface area contributed by atoms with Gasteiger partial charge < -0.3 is 20.1 Å². The summed E-state index contributed by atoms with van der Waals surface area (Å²) >= 11 is 0. The minimum Gasteiger partial charge on any atom is -0.387 e. The fourth-order valence-corrected chi connectivity index (χ4v) is 2.91. The fourth-order valence-electron chi connectivity index (χ4n) is 2.91. The van der Waals surface area contributed by atoms with Crippen LogP contribution in [0.4, 0.5) is 4.79 Å². The van der Waals surface area contributed by atoms with Gasteiger partial charge in [0.15, 0.2) is 0 Å². The highest BCUT2D eigenvalue weighted by Gasteiger charge is 2.33. The molecule has 20 heavy (non-hydrogen) atoms. The Bertz CT molecular complexity index is 360. The van der Waals surface area contributed by atoms with E-state index in [2.05, 4.69) is 11.4 Å². The number of likely N-dealkylation sites (tertiary alicyclic amines) is 1. The molecule has 0 aromatic rings. The van der Waals surface area contributed by atoms with Crippen LogP contribution in [0, 0.1) is 0 Å². The first-order chi connectivity index (χ1) is 9.63. The number of ether oxygens (including phenoxy) is 1. The summed E-state index contributed by atoms with van der Waals surface area (Å²) in [6.07, 6.45) is 8.15. The van der Waals surface area contributed by atoms with Crippen molar-refractivity contribution in [1.82, 2.24) is 10.2 Å². The molecule has 0 aromatic carbocycles. The molecule has 5 heteroatoms. The van der Waals surface area contributed by atoms with Crippen LogP contribution in [-0.4, -0.2) is 55.0 Å². The highest BCUT2D eigenvalue weighted by Crippen LogP contribution is 2.22. The van der Waals surface area contributed by atoms with Crippen LogP contribution in [0.3, 0.4) is 0 Å². The van der Waals surface area contributed by atoms with Crippen LogP contribution in [0.15, 0.2) is 11.6 Å². The topological polar surface area (TPSA) is 61.8 Å². The molecule has 1 saturated heterocycles. The maximum Gasteiger partial charge on any atom is 0.317 e. The first kappa shape index (κ1) is 15.3. The van der Waals surface area contributed by atoms with Crippen LogP contribution >= 0.6 is 0 Å². The molecular formula is C15H26N2O3. The number of methoxy groups -OCH3 is 1. The van der Waals surface area contributed by atoms with Gasteiger partial charge in [-0.3, -0.25) is 0 Å². The SMILES string of the molecule is COCC1(O)CCN(C(=O)NCC2=CCCCC2)CC1. The molecule has 114 valence electrons. The number of nitrogens with zero attached hydrogens (tertiary/aromatic N) is 1. The lowest BCUT2D eigenvalue weighted by atomic mass is 9.92. The van der Waals surface area contributed by atoms with Crippen LogP contribution in [0.1, 0.15) is 38.5 Å². The Hall–Kier alpha value is -1.07. The van der Waals surface area contributed by atoms with E-state index in [4.69, 9.17) is 4.74 Å². The van der Waals surface area contributed by atoms with E-state index in [1.54, 1.807) is 12.0 Å². The van der Waals surface area contributed by atoms with Gasteiger partial charge in [0.1, 0.15) is 0 Å². The van der Waals surface area contributed by atoms with Crippen molar-refractivity contribution < 1.29 is 14.6 Å². The number of aliphatic hydroxyl groups is 1. The monoisotopic (exact) mass is 282 g/mol. The summed E-state index contributed by atoms with van der Waals surface area (Å²) in [6, 6.07) is -0.0176. The van der Waals surface area contributed by atoms with E-state index in [0.29, 0.717) is 39.1 Å². The largest absolute Gasteiger partial charge is 0.387 e. The van der Waals surface area contributed by atoms with E-state index in [1.807, 2.05) is 0 Å². The minimum absolute atomic E-state index is 0.0176. The zero-order valence-corrected chi connectivity index (χ0v) is 12.4. The fraction of sp³-hybridized carbons (Fsp3) is 0.800. The normalized spacial score (nSPS) is 22.3. The molecule has 1 aliphatic heterocycles. The number of carbonyl (C=O) groups excluding carboxylic acids is 1. The highest BCUT2D eigenvalue weighted by molar-refractivity contribution is 5.74. The number of hydrogen-bond donors (Lipinski definition) is 2. The summed E-state index contributed by atoms with van der Waals surface area (Å²) in [4.78, 5) is 13.9. The number of piperidine rings is 1. The van der Waals surface area contributed by atoms with Gasteiger partial charge in [0.25, 0.3) is 0 Å². The van der Waals surface area contributed by atoms with Crippen molar-refractivity contribution in [2.75, 3.05) is 33.4 Å². The highest BCUT2D eigenvalue weighted by atomic mass is 16.5. The predicted octanol–water partition coefficient (Wildman–Crippen LogP) is 1.67. The second-order valence-corrected chi connectivity index (χ2v) is 5.91. The van der Waals surface area contributed by atoms with Crippen molar-refractivity contribution >= 4 is 6.03 Å². The van der Waals surface area contributed by atoms with Crippen molar-refractivity contribution in [3.63, 3.8) is 0 Å². The maximum atomic E-state index is 12.1. The smallest absolute Gasteiger partial charge is 0.317 e. The Balaban J connectivity index is 1.73.